The van der Waals surface area contributed by atoms with Crippen molar-refractivity contribution in [3.63, 3.8) is 0 Å². The maximum Gasteiger partial charge on any atom is 0.223 e. The zero-order valence-electron chi connectivity index (χ0n) is 21.8. The summed E-state index contributed by atoms with van der Waals surface area (Å²) in [6.07, 6.45) is 7.85. The fourth-order valence-corrected chi connectivity index (χ4v) is 7.48. The van der Waals surface area contributed by atoms with Crippen LogP contribution in [0.15, 0.2) is 17.5 Å². The minimum atomic E-state index is 0.118. The Balaban J connectivity index is 1.23. The van der Waals surface area contributed by atoms with E-state index in [1.54, 1.807) is 11.3 Å². The topological polar surface area (TPSA) is 66.3 Å². The summed E-state index contributed by atoms with van der Waals surface area (Å²) in [6, 6.07) is 6.16. The fourth-order valence-electron chi connectivity index (χ4n) is 6.67. The summed E-state index contributed by atoms with van der Waals surface area (Å²) in [5.41, 5.74) is 0. The lowest BCUT2D eigenvalue weighted by Crippen LogP contribution is -2.45. The maximum atomic E-state index is 13.1. The van der Waals surface area contributed by atoms with Crippen LogP contribution in [0, 0.1) is 12.8 Å². The van der Waals surface area contributed by atoms with Crippen LogP contribution in [0.2, 0.25) is 0 Å². The summed E-state index contributed by atoms with van der Waals surface area (Å²) >= 11 is 1.77. The van der Waals surface area contributed by atoms with Crippen LogP contribution < -0.4 is 5.32 Å². The molecule has 0 radical (unpaired) electrons. The highest BCUT2D eigenvalue weighted by Crippen LogP contribution is 2.42. The quantitative estimate of drug-likeness (QED) is 0.579. The monoisotopic (exact) mass is 498 g/mol. The third-order valence-electron chi connectivity index (χ3n) is 8.60. The molecule has 3 fully saturated rings. The lowest BCUT2D eigenvalue weighted by Gasteiger charge is -2.40. The molecule has 4 atom stereocenters. The average molecular weight is 499 g/mol. The van der Waals surface area contributed by atoms with Crippen LogP contribution >= 0.6 is 11.3 Å². The highest BCUT2D eigenvalue weighted by Gasteiger charge is 2.42. The van der Waals surface area contributed by atoms with Gasteiger partial charge in [0.15, 0.2) is 0 Å². The number of nitrogens with zero attached hydrogens (tertiary/aromatic N) is 5. The molecule has 1 N–H and O–H groups in total. The van der Waals surface area contributed by atoms with Gasteiger partial charge in [0.1, 0.15) is 11.6 Å². The van der Waals surface area contributed by atoms with Gasteiger partial charge in [-0.25, -0.2) is 0 Å². The zero-order chi connectivity index (χ0) is 24.5. The molecule has 3 aliphatic rings. The minimum absolute atomic E-state index is 0.118. The van der Waals surface area contributed by atoms with Crippen molar-refractivity contribution in [1.29, 1.82) is 0 Å². The number of amides is 1. The molecule has 0 saturated carbocycles. The first-order chi connectivity index (χ1) is 16.9. The number of likely N-dealkylation sites (tertiary alicyclic amines) is 1. The number of fused-ring (bicyclic) bond motifs is 2. The molecule has 2 aromatic heterocycles. The van der Waals surface area contributed by atoms with E-state index in [-0.39, 0.29) is 17.9 Å². The molecule has 1 amide bonds. The number of nitrogens with one attached hydrogen (secondary N) is 1. The van der Waals surface area contributed by atoms with Gasteiger partial charge in [-0.15, -0.1) is 21.5 Å². The van der Waals surface area contributed by atoms with Crippen molar-refractivity contribution in [2.75, 3.05) is 26.7 Å². The lowest BCUT2D eigenvalue weighted by molar-refractivity contribution is -0.127. The van der Waals surface area contributed by atoms with Gasteiger partial charge in [-0.2, -0.15) is 0 Å². The predicted molar refractivity (Wildman–Crippen MR) is 141 cm³/mol. The van der Waals surface area contributed by atoms with Gasteiger partial charge in [0.25, 0.3) is 0 Å². The number of piperidine rings is 2. The third-order valence-corrected chi connectivity index (χ3v) is 9.59. The number of aromatic nitrogens is 3. The first kappa shape index (κ1) is 24.9. The second kappa shape index (κ2) is 10.7. The van der Waals surface area contributed by atoms with Crippen LogP contribution in [0.4, 0.5) is 0 Å². The van der Waals surface area contributed by atoms with Gasteiger partial charge < -0.3 is 14.8 Å². The molecule has 7 nitrogen and oxygen atoms in total. The number of carbonyl (C=O) groups excluding carboxylic acids is 1. The molecule has 3 aliphatic heterocycles. The average Bonchev–Trinajstić information content (AvgIpc) is 3.55. The largest absolute Gasteiger partial charge is 0.348 e. The zero-order valence-corrected chi connectivity index (χ0v) is 22.6. The number of thiophene rings is 1. The van der Waals surface area contributed by atoms with E-state index in [9.17, 15) is 4.79 Å². The van der Waals surface area contributed by atoms with Crippen LogP contribution in [0.25, 0.3) is 0 Å². The Labute approximate surface area is 214 Å². The van der Waals surface area contributed by atoms with Crippen molar-refractivity contribution in [3.8, 4) is 0 Å². The van der Waals surface area contributed by atoms with Gasteiger partial charge >= 0.3 is 0 Å². The van der Waals surface area contributed by atoms with Crippen molar-refractivity contribution in [2.24, 2.45) is 5.92 Å². The summed E-state index contributed by atoms with van der Waals surface area (Å²) in [5, 5.41) is 14.5. The number of hydrogen-bond donors (Lipinski definition) is 1. The second-order valence-corrected chi connectivity index (χ2v) is 12.3. The predicted octanol–water partition coefficient (Wildman–Crippen LogP) is 4.53. The Morgan fingerprint density at radius 1 is 1.11 bits per heavy atom. The van der Waals surface area contributed by atoms with Gasteiger partial charge in [-0.3, -0.25) is 9.69 Å². The highest BCUT2D eigenvalue weighted by molar-refractivity contribution is 7.10. The van der Waals surface area contributed by atoms with E-state index in [1.807, 2.05) is 0 Å². The van der Waals surface area contributed by atoms with Crippen LogP contribution in [0.5, 0.6) is 0 Å². The van der Waals surface area contributed by atoms with E-state index in [0.29, 0.717) is 24.0 Å². The molecule has 3 saturated heterocycles. The maximum absolute atomic E-state index is 13.1. The van der Waals surface area contributed by atoms with E-state index in [1.165, 1.54) is 30.6 Å². The van der Waals surface area contributed by atoms with Crippen molar-refractivity contribution in [1.82, 2.24) is 29.9 Å². The number of rotatable bonds is 8. The molecule has 0 aliphatic carbocycles. The van der Waals surface area contributed by atoms with Crippen molar-refractivity contribution in [3.05, 3.63) is 34.0 Å². The molecule has 2 bridgehead atoms. The smallest absolute Gasteiger partial charge is 0.223 e. The van der Waals surface area contributed by atoms with Crippen molar-refractivity contribution in [2.45, 2.75) is 95.8 Å². The van der Waals surface area contributed by atoms with E-state index >= 15 is 0 Å². The van der Waals surface area contributed by atoms with Crippen LogP contribution in [-0.2, 0) is 4.79 Å². The van der Waals surface area contributed by atoms with Gasteiger partial charge in [0, 0.05) is 41.4 Å². The molecule has 8 heteroatoms. The van der Waals surface area contributed by atoms with E-state index < -0.39 is 0 Å². The van der Waals surface area contributed by atoms with Gasteiger partial charge in [0.05, 0.1) is 6.04 Å². The Morgan fingerprint density at radius 3 is 2.46 bits per heavy atom. The molecule has 0 aromatic carbocycles. The number of carbonyl (C=O) groups is 1. The summed E-state index contributed by atoms with van der Waals surface area (Å²) in [7, 11) is 2.15. The Bertz CT molecular complexity index is 966. The standard InChI is InChI=1S/C27H42N6OS/c1-18(2)26-30-29-19(3)33(26)23-16-21-7-8-22(17-23)32(21)14-11-24(25-6-5-15-35-25)28-27(34)20-9-12-31(4)13-10-20/h5-6,15,18,20-24H,7-14,16-17H2,1-4H3,(H,28,34)/t21-,22+,23?,24-/m0/s1. The Kier molecular flexibility index (Phi) is 7.61. The van der Waals surface area contributed by atoms with Gasteiger partial charge in [-0.05, 0) is 83.5 Å². The van der Waals surface area contributed by atoms with E-state index in [2.05, 4.69) is 75.2 Å². The summed E-state index contributed by atoms with van der Waals surface area (Å²) < 4.78 is 2.43. The Hall–Kier alpha value is -1.77. The number of hydrogen-bond acceptors (Lipinski definition) is 6. The highest BCUT2D eigenvalue weighted by atomic mass is 32.1. The van der Waals surface area contributed by atoms with E-state index in [4.69, 9.17) is 0 Å². The Morgan fingerprint density at radius 2 is 1.83 bits per heavy atom. The lowest BCUT2D eigenvalue weighted by atomic mass is 9.94. The molecular weight excluding hydrogens is 456 g/mol. The first-order valence-electron chi connectivity index (χ1n) is 13.6. The summed E-state index contributed by atoms with van der Waals surface area (Å²) in [4.78, 5) is 19.5. The minimum Gasteiger partial charge on any atom is -0.348 e. The normalized spacial score (nSPS) is 26.9. The molecule has 1 unspecified atom stereocenters. The molecular formula is C27H42N6OS. The summed E-state index contributed by atoms with van der Waals surface area (Å²) in [6.45, 7) is 9.62. The molecule has 0 spiro atoms. The van der Waals surface area contributed by atoms with Crippen LogP contribution in [0.3, 0.4) is 0 Å². The second-order valence-electron chi connectivity index (χ2n) is 11.3. The molecule has 5 heterocycles. The van der Waals surface area contributed by atoms with Crippen LogP contribution in [0.1, 0.15) is 93.3 Å². The SMILES string of the molecule is Cc1nnc(C(C)C)n1C1C[C@H]2CC[C@@H](C1)N2CC[C@H](NC(=O)C1CCN(C)CC1)c1cccs1. The van der Waals surface area contributed by atoms with Gasteiger partial charge in [0.2, 0.25) is 5.91 Å². The molecule has 192 valence electrons. The molecule has 2 aromatic rings. The first-order valence-corrected chi connectivity index (χ1v) is 14.5. The number of aryl methyl sites for hydroxylation is 1. The summed E-state index contributed by atoms with van der Waals surface area (Å²) in [5.74, 6) is 2.99. The fraction of sp³-hybridized carbons (Fsp3) is 0.741. The molecule has 35 heavy (non-hydrogen) atoms. The van der Waals surface area contributed by atoms with Gasteiger partial charge in [-0.1, -0.05) is 19.9 Å². The third kappa shape index (κ3) is 5.35. The van der Waals surface area contributed by atoms with Crippen molar-refractivity contribution < 1.29 is 4.79 Å². The van der Waals surface area contributed by atoms with Crippen molar-refractivity contribution >= 4 is 17.2 Å². The molecule has 5 rings (SSSR count). The van der Waals surface area contributed by atoms with E-state index in [0.717, 1.165) is 50.5 Å². The van der Waals surface area contributed by atoms with Crippen LogP contribution in [-0.4, -0.2) is 69.2 Å².